The first kappa shape index (κ1) is 17.9. The molecule has 7 nitrogen and oxygen atoms in total. The second-order valence-corrected chi connectivity index (χ2v) is 5.84. The van der Waals surface area contributed by atoms with Crippen LogP contribution in [0.3, 0.4) is 0 Å². The third kappa shape index (κ3) is 4.37. The number of rotatable bonds is 2. The van der Waals surface area contributed by atoms with E-state index in [0.29, 0.717) is 30.2 Å². The van der Waals surface area contributed by atoms with Crippen molar-refractivity contribution >= 4 is 17.6 Å². The van der Waals surface area contributed by atoms with Gasteiger partial charge in [-0.25, -0.2) is 9.79 Å². The molecule has 1 aliphatic heterocycles. The molecule has 0 N–H and O–H groups in total. The van der Waals surface area contributed by atoms with Crippen LogP contribution in [0.5, 0.6) is 0 Å². The van der Waals surface area contributed by atoms with Crippen LogP contribution >= 0.6 is 0 Å². The zero-order chi connectivity index (χ0) is 18.4. The van der Waals surface area contributed by atoms with Gasteiger partial charge in [-0.15, -0.1) is 0 Å². The lowest BCUT2D eigenvalue weighted by Gasteiger charge is -2.27. The maximum absolute atomic E-state index is 11.7. The van der Waals surface area contributed by atoms with Gasteiger partial charge in [0.05, 0.1) is 31.6 Å². The van der Waals surface area contributed by atoms with Crippen molar-refractivity contribution in [1.29, 1.82) is 0 Å². The maximum atomic E-state index is 11.7. The summed E-state index contributed by atoms with van der Waals surface area (Å²) in [6.45, 7) is 2.77. The maximum Gasteiger partial charge on any atom is 0.339 e. The number of esters is 1. The van der Waals surface area contributed by atoms with Gasteiger partial charge in [-0.2, -0.15) is 4.99 Å². The van der Waals surface area contributed by atoms with Gasteiger partial charge < -0.3 is 18.9 Å². The highest BCUT2D eigenvalue weighted by Gasteiger charge is 2.15. The molecule has 0 unspecified atom stereocenters. The molecule has 0 atom stereocenters. The summed E-state index contributed by atoms with van der Waals surface area (Å²) in [4.78, 5) is 23.2. The van der Waals surface area contributed by atoms with Crippen LogP contribution in [0, 0.1) is 0 Å². The van der Waals surface area contributed by atoms with Gasteiger partial charge in [0.1, 0.15) is 5.49 Å². The van der Waals surface area contributed by atoms with Crippen LogP contribution in [0.4, 0.5) is 5.69 Å². The van der Waals surface area contributed by atoms with Gasteiger partial charge in [-0.05, 0) is 24.3 Å². The molecule has 2 aromatic rings. The van der Waals surface area contributed by atoms with Crippen LogP contribution in [0.25, 0.3) is 0 Å². The number of benzene rings is 1. The van der Waals surface area contributed by atoms with E-state index in [4.69, 9.17) is 19.5 Å². The summed E-state index contributed by atoms with van der Waals surface area (Å²) < 4.78 is 12.0. The predicted octanol–water partition coefficient (Wildman–Crippen LogP) is 1.73. The molecule has 1 aromatic heterocycles. The molecule has 0 spiro atoms. The number of aromatic nitrogens is 1. The number of aryl methyl sites for hydroxylation is 1. The van der Waals surface area contributed by atoms with E-state index >= 15 is 0 Å². The summed E-state index contributed by atoms with van der Waals surface area (Å²) >= 11 is 0. The normalized spacial score (nSPS) is 15.8. The van der Waals surface area contributed by atoms with Gasteiger partial charge >= 0.3 is 5.97 Å². The van der Waals surface area contributed by atoms with Crippen molar-refractivity contribution in [3.8, 4) is 0 Å². The average molecular weight is 354 g/mol. The van der Waals surface area contributed by atoms with E-state index in [-0.39, 0.29) is 5.97 Å². The number of para-hydroxylation sites is 1. The topological polar surface area (TPSA) is 68.4 Å². The second kappa shape index (κ2) is 8.44. The van der Waals surface area contributed by atoms with Crippen molar-refractivity contribution in [1.82, 2.24) is 9.47 Å². The lowest BCUT2D eigenvalue weighted by molar-refractivity contribution is 0.0599. The molecule has 2 heterocycles. The first-order chi connectivity index (χ1) is 12.7. The number of hydrogen-bond donors (Lipinski definition) is 0. The standard InChI is InChI=1S/C19H22N4O3/c1-22-14-15(18(24)25-2)8-9-17(22)21-19(23-10-12-26-13-11-23)20-16-6-4-3-5-7-16/h3-9,14H,10-13H2,1-2H3. The summed E-state index contributed by atoms with van der Waals surface area (Å²) in [5, 5.41) is 0. The van der Waals surface area contributed by atoms with Crippen LogP contribution in [-0.4, -0.2) is 54.8 Å². The molecule has 0 bridgehead atoms. The number of pyridine rings is 1. The lowest BCUT2D eigenvalue weighted by Crippen LogP contribution is -2.41. The van der Waals surface area contributed by atoms with E-state index in [1.807, 2.05) is 37.4 Å². The van der Waals surface area contributed by atoms with Gasteiger partial charge in [-0.1, -0.05) is 18.2 Å². The fourth-order valence-corrected chi connectivity index (χ4v) is 2.60. The molecule has 0 aliphatic carbocycles. The molecule has 1 saturated heterocycles. The molecular weight excluding hydrogens is 332 g/mol. The summed E-state index contributed by atoms with van der Waals surface area (Å²) in [5.41, 5.74) is 2.01. The molecular formula is C19H22N4O3. The van der Waals surface area contributed by atoms with Gasteiger partial charge in [0.15, 0.2) is 0 Å². The van der Waals surface area contributed by atoms with Crippen LogP contribution in [0.2, 0.25) is 0 Å². The third-order valence-electron chi connectivity index (χ3n) is 4.02. The highest BCUT2D eigenvalue weighted by Crippen LogP contribution is 2.12. The highest BCUT2D eigenvalue weighted by atomic mass is 16.5. The monoisotopic (exact) mass is 354 g/mol. The van der Waals surface area contributed by atoms with Gasteiger partial charge in [0.25, 0.3) is 0 Å². The van der Waals surface area contributed by atoms with Crippen LogP contribution in [-0.2, 0) is 16.5 Å². The first-order valence-electron chi connectivity index (χ1n) is 8.43. The number of carbonyl (C=O) groups is 1. The third-order valence-corrected chi connectivity index (χ3v) is 4.02. The number of aliphatic imine (C=N–C) groups is 1. The molecule has 0 amide bonds. The Balaban J connectivity index is 2.00. The van der Waals surface area contributed by atoms with Crippen LogP contribution in [0.15, 0.2) is 58.6 Å². The van der Waals surface area contributed by atoms with E-state index in [0.717, 1.165) is 18.8 Å². The number of morpholine rings is 1. The number of ether oxygens (including phenoxy) is 2. The van der Waals surface area contributed by atoms with Crippen molar-refractivity contribution in [3.63, 3.8) is 0 Å². The molecule has 7 heteroatoms. The van der Waals surface area contributed by atoms with E-state index in [9.17, 15) is 4.79 Å². The Bertz CT molecular complexity index is 853. The van der Waals surface area contributed by atoms with Crippen molar-refractivity contribution in [2.24, 2.45) is 17.0 Å². The fraction of sp³-hybridized carbons (Fsp3) is 0.316. The molecule has 0 saturated carbocycles. The summed E-state index contributed by atoms with van der Waals surface area (Å²) in [6.07, 6.45) is 1.70. The van der Waals surface area contributed by atoms with E-state index in [1.54, 1.807) is 22.9 Å². The number of nitrogens with zero attached hydrogens (tertiary/aromatic N) is 4. The molecule has 1 aromatic carbocycles. The average Bonchev–Trinajstić information content (AvgIpc) is 2.69. The Morgan fingerprint density at radius 2 is 1.85 bits per heavy atom. The number of methoxy groups -OCH3 is 1. The van der Waals surface area contributed by atoms with Gasteiger partial charge in [0, 0.05) is 26.3 Å². The van der Waals surface area contributed by atoms with Crippen molar-refractivity contribution in [2.75, 3.05) is 33.4 Å². The van der Waals surface area contributed by atoms with Gasteiger partial charge in [-0.3, -0.25) is 0 Å². The molecule has 0 radical (unpaired) electrons. The minimum absolute atomic E-state index is 0.376. The quantitative estimate of drug-likeness (QED) is 0.468. The Morgan fingerprint density at radius 1 is 1.12 bits per heavy atom. The van der Waals surface area contributed by atoms with Crippen LogP contribution in [0.1, 0.15) is 10.4 Å². The minimum atomic E-state index is -0.376. The van der Waals surface area contributed by atoms with E-state index in [1.165, 1.54) is 7.11 Å². The molecule has 3 rings (SSSR count). The van der Waals surface area contributed by atoms with E-state index < -0.39 is 0 Å². The highest BCUT2D eigenvalue weighted by molar-refractivity contribution is 5.89. The Kier molecular flexibility index (Phi) is 5.80. The minimum Gasteiger partial charge on any atom is -0.465 e. The molecule has 136 valence electrons. The van der Waals surface area contributed by atoms with Gasteiger partial charge in [0.2, 0.25) is 5.96 Å². The lowest BCUT2D eigenvalue weighted by atomic mass is 10.3. The van der Waals surface area contributed by atoms with Crippen molar-refractivity contribution in [3.05, 3.63) is 59.7 Å². The number of guanidine groups is 1. The van der Waals surface area contributed by atoms with Crippen LogP contribution < -0.4 is 5.49 Å². The molecule has 1 aliphatic rings. The zero-order valence-corrected chi connectivity index (χ0v) is 15.0. The second-order valence-electron chi connectivity index (χ2n) is 5.84. The van der Waals surface area contributed by atoms with Crippen molar-refractivity contribution in [2.45, 2.75) is 0 Å². The number of carbonyl (C=O) groups excluding carboxylic acids is 1. The Morgan fingerprint density at radius 3 is 2.50 bits per heavy atom. The smallest absolute Gasteiger partial charge is 0.339 e. The SMILES string of the molecule is COC(=O)c1ccc(=NC(=Nc2ccccc2)N2CCOCC2)n(C)c1. The Labute approximate surface area is 152 Å². The zero-order valence-electron chi connectivity index (χ0n) is 15.0. The fourth-order valence-electron chi connectivity index (χ4n) is 2.60. The summed E-state index contributed by atoms with van der Waals surface area (Å²) in [5.74, 6) is 0.249. The van der Waals surface area contributed by atoms with Crippen molar-refractivity contribution < 1.29 is 14.3 Å². The van der Waals surface area contributed by atoms with E-state index in [2.05, 4.69) is 4.90 Å². The molecule has 1 fully saturated rings. The summed E-state index contributed by atoms with van der Waals surface area (Å²) in [6, 6.07) is 13.2. The predicted molar refractivity (Wildman–Crippen MR) is 98.2 cm³/mol. The number of hydrogen-bond acceptors (Lipinski definition) is 4. The largest absolute Gasteiger partial charge is 0.465 e. The Hall–Kier alpha value is -2.93. The molecule has 26 heavy (non-hydrogen) atoms. The first-order valence-corrected chi connectivity index (χ1v) is 8.43. The summed E-state index contributed by atoms with van der Waals surface area (Å²) in [7, 11) is 3.20.